The Morgan fingerprint density at radius 3 is 2.61 bits per heavy atom. The van der Waals surface area contributed by atoms with E-state index in [9.17, 15) is 14.7 Å². The topological polar surface area (TPSA) is 70.5 Å². The van der Waals surface area contributed by atoms with Gasteiger partial charge in [-0.3, -0.25) is 4.79 Å². The molecular weight excluding hydrogens is 312 g/mol. The van der Waals surface area contributed by atoms with Crippen molar-refractivity contribution in [2.75, 3.05) is 6.54 Å². The molecule has 3 rings (SSSR count). The van der Waals surface area contributed by atoms with Crippen LogP contribution in [0, 0.1) is 6.92 Å². The van der Waals surface area contributed by atoms with Crippen LogP contribution >= 0.6 is 11.3 Å². The molecule has 0 bridgehead atoms. The second-order valence-electron chi connectivity index (χ2n) is 5.72. The van der Waals surface area contributed by atoms with E-state index in [-0.39, 0.29) is 5.91 Å². The van der Waals surface area contributed by atoms with Crippen LogP contribution in [0.25, 0.3) is 10.6 Å². The first-order valence-corrected chi connectivity index (χ1v) is 8.50. The highest BCUT2D eigenvalue weighted by molar-refractivity contribution is 7.13. The zero-order chi connectivity index (χ0) is 16.4. The summed E-state index contributed by atoms with van der Waals surface area (Å²) in [5.74, 6) is -1.13. The van der Waals surface area contributed by atoms with Crippen molar-refractivity contribution >= 4 is 23.2 Å². The number of carboxylic acids is 1. The second-order valence-corrected chi connectivity index (χ2v) is 6.58. The normalized spacial score (nSPS) is 18.0. The maximum atomic E-state index is 12.6. The number of nitrogens with zero attached hydrogens (tertiary/aromatic N) is 2. The fourth-order valence-corrected chi connectivity index (χ4v) is 3.64. The fraction of sp³-hybridized carbons (Fsp3) is 0.353. The van der Waals surface area contributed by atoms with Crippen LogP contribution in [0.2, 0.25) is 0 Å². The van der Waals surface area contributed by atoms with Gasteiger partial charge in [-0.25, -0.2) is 9.78 Å². The van der Waals surface area contributed by atoms with E-state index in [0.29, 0.717) is 18.5 Å². The molecule has 5 nitrogen and oxygen atoms in total. The van der Waals surface area contributed by atoms with E-state index in [2.05, 4.69) is 4.98 Å². The standard InChI is InChI=1S/C17H18N2O3S/c1-11-10-23-15(18-11)12-5-7-13(8-6-12)16(20)19-9-3-2-4-14(19)17(21)22/h5-8,10,14H,2-4,9H2,1H3,(H,21,22)/t14-/m1/s1. The van der Waals surface area contributed by atoms with Gasteiger partial charge in [0, 0.05) is 28.7 Å². The SMILES string of the molecule is Cc1csc(-c2ccc(C(=O)N3CCCC[C@@H]3C(=O)O)cc2)n1. The van der Waals surface area contributed by atoms with Crippen LogP contribution in [0.4, 0.5) is 0 Å². The van der Waals surface area contributed by atoms with Crippen LogP contribution in [0.15, 0.2) is 29.6 Å². The molecule has 6 heteroatoms. The minimum Gasteiger partial charge on any atom is -0.480 e. The van der Waals surface area contributed by atoms with Crippen molar-refractivity contribution in [3.63, 3.8) is 0 Å². The van der Waals surface area contributed by atoms with Gasteiger partial charge in [0.2, 0.25) is 0 Å². The summed E-state index contributed by atoms with van der Waals surface area (Å²) in [4.78, 5) is 29.9. The van der Waals surface area contributed by atoms with E-state index < -0.39 is 12.0 Å². The summed E-state index contributed by atoms with van der Waals surface area (Å²) in [5.41, 5.74) is 2.46. The lowest BCUT2D eigenvalue weighted by molar-refractivity contribution is -0.143. The summed E-state index contributed by atoms with van der Waals surface area (Å²) in [7, 11) is 0. The van der Waals surface area contributed by atoms with Crippen molar-refractivity contribution in [2.45, 2.75) is 32.2 Å². The Balaban J connectivity index is 1.80. The van der Waals surface area contributed by atoms with Gasteiger partial charge in [0.05, 0.1) is 0 Å². The molecule has 1 atom stereocenters. The number of likely N-dealkylation sites (tertiary alicyclic amines) is 1. The molecule has 1 aromatic carbocycles. The lowest BCUT2D eigenvalue weighted by Crippen LogP contribution is -2.47. The van der Waals surface area contributed by atoms with Crippen LogP contribution in [0.5, 0.6) is 0 Å². The number of amides is 1. The first-order valence-electron chi connectivity index (χ1n) is 7.62. The van der Waals surface area contributed by atoms with Crippen LogP contribution < -0.4 is 0 Å². The number of thiazole rings is 1. The van der Waals surface area contributed by atoms with Gasteiger partial charge in [0.15, 0.2) is 0 Å². The maximum Gasteiger partial charge on any atom is 0.326 e. The molecule has 1 aliphatic heterocycles. The number of carboxylic acid groups (broad SMARTS) is 1. The number of carbonyl (C=O) groups excluding carboxylic acids is 1. The molecule has 1 aliphatic rings. The average Bonchev–Trinajstić information content (AvgIpc) is 3.01. The maximum absolute atomic E-state index is 12.6. The molecule has 1 aromatic heterocycles. The van der Waals surface area contributed by atoms with Crippen LogP contribution in [-0.2, 0) is 4.79 Å². The quantitative estimate of drug-likeness (QED) is 0.938. The number of rotatable bonds is 3. The molecule has 0 saturated carbocycles. The van der Waals surface area contributed by atoms with E-state index in [0.717, 1.165) is 29.1 Å². The summed E-state index contributed by atoms with van der Waals surface area (Å²) >= 11 is 1.57. The van der Waals surface area contributed by atoms with E-state index in [1.165, 1.54) is 4.90 Å². The van der Waals surface area contributed by atoms with Gasteiger partial charge >= 0.3 is 5.97 Å². The highest BCUT2D eigenvalue weighted by Gasteiger charge is 2.32. The summed E-state index contributed by atoms with van der Waals surface area (Å²) in [6.45, 7) is 2.45. The Labute approximate surface area is 138 Å². The summed E-state index contributed by atoms with van der Waals surface area (Å²) in [5, 5.41) is 12.2. The first kappa shape index (κ1) is 15.7. The number of hydrogen-bond donors (Lipinski definition) is 1. The Bertz CT molecular complexity index is 724. The number of aliphatic carboxylic acids is 1. The Kier molecular flexibility index (Phi) is 4.43. The molecule has 0 spiro atoms. The largest absolute Gasteiger partial charge is 0.480 e. The Hall–Kier alpha value is -2.21. The van der Waals surface area contributed by atoms with Crippen molar-refractivity contribution in [1.82, 2.24) is 9.88 Å². The third-order valence-electron chi connectivity index (χ3n) is 4.05. The lowest BCUT2D eigenvalue weighted by atomic mass is 10.0. The highest BCUT2D eigenvalue weighted by atomic mass is 32.1. The predicted octanol–water partition coefficient (Wildman–Crippen LogP) is 3.20. The summed E-state index contributed by atoms with van der Waals surface area (Å²) in [6.07, 6.45) is 2.23. The van der Waals surface area contributed by atoms with Crippen molar-refractivity contribution in [1.29, 1.82) is 0 Å². The minimum atomic E-state index is -0.923. The number of aryl methyl sites for hydroxylation is 1. The van der Waals surface area contributed by atoms with Gasteiger partial charge in [-0.2, -0.15) is 0 Å². The average molecular weight is 330 g/mol. The molecule has 0 radical (unpaired) electrons. The molecule has 1 saturated heterocycles. The molecule has 2 heterocycles. The zero-order valence-corrected chi connectivity index (χ0v) is 13.7. The Morgan fingerprint density at radius 1 is 1.26 bits per heavy atom. The van der Waals surface area contributed by atoms with Crippen molar-refractivity contribution in [3.8, 4) is 10.6 Å². The minimum absolute atomic E-state index is 0.209. The van der Waals surface area contributed by atoms with Gasteiger partial charge < -0.3 is 10.0 Å². The number of hydrogen-bond acceptors (Lipinski definition) is 4. The number of aromatic nitrogens is 1. The van der Waals surface area contributed by atoms with E-state index in [1.54, 1.807) is 23.5 Å². The summed E-state index contributed by atoms with van der Waals surface area (Å²) in [6, 6.07) is 6.53. The van der Waals surface area contributed by atoms with Crippen LogP contribution in [0.3, 0.4) is 0 Å². The zero-order valence-electron chi connectivity index (χ0n) is 12.9. The predicted molar refractivity (Wildman–Crippen MR) is 88.6 cm³/mol. The number of carbonyl (C=O) groups is 2. The van der Waals surface area contributed by atoms with E-state index in [4.69, 9.17) is 0 Å². The van der Waals surface area contributed by atoms with E-state index in [1.807, 2.05) is 24.4 Å². The van der Waals surface area contributed by atoms with Crippen molar-refractivity contribution in [2.24, 2.45) is 0 Å². The van der Waals surface area contributed by atoms with Crippen molar-refractivity contribution in [3.05, 3.63) is 40.9 Å². The molecule has 2 aromatic rings. The molecular formula is C17H18N2O3S. The third kappa shape index (κ3) is 3.27. The summed E-state index contributed by atoms with van der Waals surface area (Å²) < 4.78 is 0. The monoisotopic (exact) mass is 330 g/mol. The van der Waals surface area contributed by atoms with Gasteiger partial charge in [-0.1, -0.05) is 12.1 Å². The third-order valence-corrected chi connectivity index (χ3v) is 5.06. The molecule has 0 aliphatic carbocycles. The molecule has 1 amide bonds. The first-order chi connectivity index (χ1) is 11.1. The van der Waals surface area contributed by atoms with Gasteiger partial charge in [0.1, 0.15) is 11.0 Å². The molecule has 0 unspecified atom stereocenters. The molecule has 1 fully saturated rings. The van der Waals surface area contributed by atoms with E-state index >= 15 is 0 Å². The molecule has 120 valence electrons. The van der Waals surface area contributed by atoms with Gasteiger partial charge in [-0.15, -0.1) is 11.3 Å². The lowest BCUT2D eigenvalue weighted by Gasteiger charge is -2.33. The Morgan fingerprint density at radius 2 is 2.00 bits per heavy atom. The van der Waals surface area contributed by atoms with Crippen LogP contribution in [-0.4, -0.2) is 39.5 Å². The van der Waals surface area contributed by atoms with Gasteiger partial charge in [-0.05, 0) is 38.3 Å². The molecule has 23 heavy (non-hydrogen) atoms. The highest BCUT2D eigenvalue weighted by Crippen LogP contribution is 2.25. The number of benzene rings is 1. The molecule has 1 N–H and O–H groups in total. The van der Waals surface area contributed by atoms with Crippen molar-refractivity contribution < 1.29 is 14.7 Å². The fourth-order valence-electron chi connectivity index (χ4n) is 2.84. The smallest absolute Gasteiger partial charge is 0.326 e. The van der Waals surface area contributed by atoms with Crippen LogP contribution in [0.1, 0.15) is 35.3 Å². The second kappa shape index (κ2) is 6.50. The van der Waals surface area contributed by atoms with Gasteiger partial charge in [0.25, 0.3) is 5.91 Å². The number of piperidine rings is 1.